The highest BCUT2D eigenvalue weighted by Crippen LogP contribution is 2.19. The van der Waals surface area contributed by atoms with Crippen molar-refractivity contribution in [1.29, 1.82) is 0 Å². The average Bonchev–Trinajstić information content (AvgIpc) is 2.80. The maximum atomic E-state index is 12.3. The van der Waals surface area contributed by atoms with E-state index in [0.717, 1.165) is 25.3 Å². The first-order valence-electron chi connectivity index (χ1n) is 12.8. The highest BCUT2D eigenvalue weighted by Gasteiger charge is 2.23. The Morgan fingerprint density at radius 1 is 0.812 bits per heavy atom. The maximum Gasteiger partial charge on any atom is 0.330 e. The van der Waals surface area contributed by atoms with Crippen molar-refractivity contribution in [2.75, 3.05) is 19.8 Å². The predicted molar refractivity (Wildman–Crippen MR) is 128 cm³/mol. The second-order valence-electron chi connectivity index (χ2n) is 8.69. The average molecular weight is 457 g/mol. The van der Waals surface area contributed by atoms with Crippen LogP contribution >= 0.6 is 0 Å². The zero-order chi connectivity index (χ0) is 23.9. The molecule has 0 aliphatic heterocycles. The third-order valence-corrected chi connectivity index (χ3v) is 5.75. The minimum Gasteiger partial charge on any atom is -0.462 e. The number of hydrogen-bond acceptors (Lipinski definition) is 6. The molecule has 0 spiro atoms. The summed E-state index contributed by atoms with van der Waals surface area (Å²) in [4.78, 5) is 23.3. The SMILES string of the molecule is C=CC(=O)OCCOC(=O)C(CCCCCCCCCCCCCCCC)CC(O)CO. The molecule has 0 radical (unpaired) electrons. The van der Waals surface area contributed by atoms with Gasteiger partial charge in [-0.3, -0.25) is 4.79 Å². The van der Waals surface area contributed by atoms with E-state index in [-0.39, 0.29) is 26.2 Å². The van der Waals surface area contributed by atoms with Crippen LogP contribution in [0.4, 0.5) is 0 Å². The van der Waals surface area contributed by atoms with E-state index < -0.39 is 24.0 Å². The van der Waals surface area contributed by atoms with Gasteiger partial charge >= 0.3 is 11.9 Å². The van der Waals surface area contributed by atoms with Crippen LogP contribution in [0.2, 0.25) is 0 Å². The lowest BCUT2D eigenvalue weighted by Crippen LogP contribution is -2.26. The van der Waals surface area contributed by atoms with Crippen LogP contribution in [0.1, 0.15) is 110 Å². The number of unbranched alkanes of at least 4 members (excludes halogenated alkanes) is 13. The summed E-state index contributed by atoms with van der Waals surface area (Å²) in [5.41, 5.74) is 0. The van der Waals surface area contributed by atoms with E-state index in [2.05, 4.69) is 13.5 Å². The van der Waals surface area contributed by atoms with Gasteiger partial charge in [-0.15, -0.1) is 0 Å². The molecule has 0 saturated heterocycles. The molecular weight excluding hydrogens is 408 g/mol. The topological polar surface area (TPSA) is 93.1 Å². The summed E-state index contributed by atoms with van der Waals surface area (Å²) >= 11 is 0. The lowest BCUT2D eigenvalue weighted by Gasteiger charge is -2.18. The molecule has 0 amide bonds. The Kier molecular flexibility index (Phi) is 21.8. The Morgan fingerprint density at radius 2 is 1.28 bits per heavy atom. The van der Waals surface area contributed by atoms with Gasteiger partial charge in [0.1, 0.15) is 13.2 Å². The van der Waals surface area contributed by atoms with E-state index in [0.29, 0.717) is 6.42 Å². The summed E-state index contributed by atoms with van der Waals surface area (Å²) in [6, 6.07) is 0. The Morgan fingerprint density at radius 3 is 1.75 bits per heavy atom. The molecule has 0 aliphatic carbocycles. The molecule has 0 aliphatic rings. The number of aliphatic hydroxyl groups excluding tert-OH is 2. The molecule has 0 bridgehead atoms. The second-order valence-corrected chi connectivity index (χ2v) is 8.69. The van der Waals surface area contributed by atoms with Crippen molar-refractivity contribution < 1.29 is 29.3 Å². The van der Waals surface area contributed by atoms with Crippen LogP contribution < -0.4 is 0 Å². The highest BCUT2D eigenvalue weighted by molar-refractivity contribution is 5.81. The molecule has 0 rings (SSSR count). The molecule has 0 saturated carbocycles. The van der Waals surface area contributed by atoms with Crippen molar-refractivity contribution in [2.45, 2.75) is 116 Å². The quantitative estimate of drug-likeness (QED) is 0.120. The van der Waals surface area contributed by atoms with Crippen LogP contribution in [0, 0.1) is 5.92 Å². The second kappa shape index (κ2) is 22.8. The Bertz CT molecular complexity index is 465. The van der Waals surface area contributed by atoms with Gasteiger partial charge in [0.15, 0.2) is 0 Å². The maximum absolute atomic E-state index is 12.3. The largest absolute Gasteiger partial charge is 0.462 e. The van der Waals surface area contributed by atoms with Gasteiger partial charge < -0.3 is 19.7 Å². The van der Waals surface area contributed by atoms with E-state index >= 15 is 0 Å². The molecule has 6 nitrogen and oxygen atoms in total. The van der Waals surface area contributed by atoms with Gasteiger partial charge in [-0.1, -0.05) is 103 Å². The molecule has 0 aromatic rings. The molecular formula is C26H48O6. The molecule has 0 aromatic carbocycles. The molecule has 2 unspecified atom stereocenters. The van der Waals surface area contributed by atoms with E-state index in [9.17, 15) is 14.7 Å². The summed E-state index contributed by atoms with van der Waals surface area (Å²) in [6.07, 6.45) is 18.7. The standard InChI is InChI=1S/C26H48O6/c1-3-5-6-7-8-9-10-11-12-13-14-15-16-17-18-23(21-24(28)22-27)26(30)32-20-19-31-25(29)4-2/h4,23-24,27-28H,2-3,5-22H2,1H3. The molecule has 2 atom stereocenters. The van der Waals surface area contributed by atoms with Crippen molar-refractivity contribution in [3.05, 3.63) is 12.7 Å². The zero-order valence-corrected chi connectivity index (χ0v) is 20.4. The summed E-state index contributed by atoms with van der Waals surface area (Å²) in [7, 11) is 0. The fourth-order valence-corrected chi connectivity index (χ4v) is 3.78. The summed E-state index contributed by atoms with van der Waals surface area (Å²) < 4.78 is 9.96. The smallest absolute Gasteiger partial charge is 0.330 e. The van der Waals surface area contributed by atoms with E-state index in [4.69, 9.17) is 14.6 Å². The first-order valence-corrected chi connectivity index (χ1v) is 12.8. The minimum atomic E-state index is -0.933. The third-order valence-electron chi connectivity index (χ3n) is 5.75. The number of hydrogen-bond donors (Lipinski definition) is 2. The van der Waals surface area contributed by atoms with Crippen molar-refractivity contribution in [3.8, 4) is 0 Å². The number of aliphatic hydroxyl groups is 2. The van der Waals surface area contributed by atoms with Crippen LogP contribution in [-0.2, 0) is 19.1 Å². The number of ether oxygens (including phenoxy) is 2. The number of esters is 2. The van der Waals surface area contributed by atoms with Crippen LogP contribution in [0.3, 0.4) is 0 Å². The normalized spacial score (nSPS) is 12.8. The monoisotopic (exact) mass is 456 g/mol. The number of carbonyl (C=O) groups is 2. The molecule has 0 heterocycles. The van der Waals surface area contributed by atoms with Crippen molar-refractivity contribution in [3.63, 3.8) is 0 Å². The first-order chi connectivity index (χ1) is 15.5. The van der Waals surface area contributed by atoms with Crippen LogP contribution in [0.15, 0.2) is 12.7 Å². The molecule has 0 fully saturated rings. The van der Waals surface area contributed by atoms with Gasteiger partial charge in [0, 0.05) is 6.08 Å². The van der Waals surface area contributed by atoms with Gasteiger partial charge in [0.25, 0.3) is 0 Å². The first kappa shape index (κ1) is 30.6. The van der Waals surface area contributed by atoms with Gasteiger partial charge in [-0.2, -0.15) is 0 Å². The fourth-order valence-electron chi connectivity index (χ4n) is 3.78. The van der Waals surface area contributed by atoms with Gasteiger partial charge in [0.2, 0.25) is 0 Å². The molecule has 6 heteroatoms. The minimum absolute atomic E-state index is 0.0231. The van der Waals surface area contributed by atoms with E-state index in [1.807, 2.05) is 0 Å². The van der Waals surface area contributed by atoms with Gasteiger partial charge in [-0.05, 0) is 12.8 Å². The van der Waals surface area contributed by atoms with Crippen molar-refractivity contribution >= 4 is 11.9 Å². The lowest BCUT2D eigenvalue weighted by atomic mass is 9.94. The number of carbonyl (C=O) groups excluding carboxylic acids is 2. The number of rotatable bonds is 23. The third kappa shape index (κ3) is 19.3. The molecule has 188 valence electrons. The van der Waals surface area contributed by atoms with Crippen molar-refractivity contribution in [2.24, 2.45) is 5.92 Å². The Labute approximate surface area is 195 Å². The van der Waals surface area contributed by atoms with Crippen LogP contribution in [-0.4, -0.2) is 48.1 Å². The molecule has 2 N–H and O–H groups in total. The van der Waals surface area contributed by atoms with E-state index in [1.54, 1.807) is 0 Å². The van der Waals surface area contributed by atoms with Gasteiger partial charge in [0.05, 0.1) is 18.6 Å². The predicted octanol–water partition coefficient (Wildman–Crippen LogP) is 5.49. The fraction of sp³-hybridized carbons (Fsp3) is 0.846. The van der Waals surface area contributed by atoms with E-state index in [1.165, 1.54) is 70.6 Å². The molecule has 0 aromatic heterocycles. The highest BCUT2D eigenvalue weighted by atomic mass is 16.6. The lowest BCUT2D eigenvalue weighted by molar-refractivity contribution is -0.154. The summed E-state index contributed by atoms with van der Waals surface area (Å²) in [6.45, 7) is 5.13. The summed E-state index contributed by atoms with van der Waals surface area (Å²) in [5, 5.41) is 18.8. The Hall–Kier alpha value is -1.40. The van der Waals surface area contributed by atoms with Crippen molar-refractivity contribution in [1.82, 2.24) is 0 Å². The van der Waals surface area contributed by atoms with Crippen LogP contribution in [0.5, 0.6) is 0 Å². The summed E-state index contributed by atoms with van der Waals surface area (Å²) in [5.74, 6) is -1.43. The molecule has 32 heavy (non-hydrogen) atoms. The zero-order valence-electron chi connectivity index (χ0n) is 20.4. The Balaban J connectivity index is 3.82. The van der Waals surface area contributed by atoms with Crippen LogP contribution in [0.25, 0.3) is 0 Å². The van der Waals surface area contributed by atoms with Gasteiger partial charge in [-0.25, -0.2) is 4.79 Å².